The second kappa shape index (κ2) is 12.3. The zero-order valence-corrected chi connectivity index (χ0v) is 28.6. The third-order valence-corrected chi connectivity index (χ3v) is 20.7. The number of nitrogens with zero attached hydrogens (tertiary/aromatic N) is 1. The normalized spacial score (nSPS) is 12.1. The van der Waals surface area contributed by atoms with Crippen LogP contribution in [0.25, 0.3) is 0 Å². The van der Waals surface area contributed by atoms with Crippen molar-refractivity contribution in [2.24, 2.45) is 0 Å². The van der Waals surface area contributed by atoms with Crippen molar-refractivity contribution in [2.75, 3.05) is 0 Å². The molecular weight excluding hydrogens is 770 g/mol. The summed E-state index contributed by atoms with van der Waals surface area (Å²) >= 11 is 5.30. The molecule has 3 rings (SSSR count). The van der Waals surface area contributed by atoms with Crippen molar-refractivity contribution in [3.8, 4) is 0 Å². The molecular formula is C24H33I3NPSi2. The molecule has 1 nitrogen and oxygen atoms in total. The molecule has 0 aliphatic carbocycles. The van der Waals surface area contributed by atoms with E-state index in [0.717, 1.165) is 0 Å². The molecule has 0 amide bonds. The monoisotopic (exact) mass is 803 g/mol. The van der Waals surface area contributed by atoms with E-state index in [1.165, 1.54) is 15.9 Å². The Morgan fingerprint density at radius 1 is 0.548 bits per heavy atom. The Kier molecular flexibility index (Phi) is 11.0. The molecule has 0 bridgehead atoms. The number of rotatable bonds is 5. The number of hydrogen-bond donors (Lipinski definition) is 0. The van der Waals surface area contributed by atoms with Gasteiger partial charge in [0, 0.05) is 15.9 Å². The Morgan fingerprint density at radius 3 is 0.968 bits per heavy atom. The minimum atomic E-state index is -1.95. The van der Waals surface area contributed by atoms with Crippen LogP contribution >= 0.6 is 44.3 Å². The summed E-state index contributed by atoms with van der Waals surface area (Å²) in [6.45, 7) is 15.1. The number of halogens is 3. The van der Waals surface area contributed by atoms with E-state index < -0.39 is 23.5 Å². The molecule has 0 fully saturated rings. The molecule has 0 radical (unpaired) electrons. The van der Waals surface area contributed by atoms with E-state index in [9.17, 15) is 0 Å². The van der Waals surface area contributed by atoms with E-state index in [0.29, 0.717) is 13.3 Å². The second-order valence-electron chi connectivity index (χ2n) is 9.35. The molecule has 168 valence electrons. The van der Waals surface area contributed by atoms with Crippen molar-refractivity contribution >= 4 is 76.7 Å². The Bertz CT molecular complexity index is 880. The maximum atomic E-state index is 3.06. The van der Waals surface area contributed by atoms with Crippen LogP contribution in [0.5, 0.6) is 0 Å². The Morgan fingerprint density at radius 2 is 0.774 bits per heavy atom. The maximum absolute atomic E-state index is 3.06. The van der Waals surface area contributed by atoms with Crippen LogP contribution in [0.3, 0.4) is 0 Å². The molecule has 0 aromatic heterocycles. The Balaban J connectivity index is 0.00000107. The first-order valence-electron chi connectivity index (χ1n) is 10.3. The van der Waals surface area contributed by atoms with Crippen molar-refractivity contribution in [2.45, 2.75) is 39.3 Å². The summed E-state index contributed by atoms with van der Waals surface area (Å²) in [7, 11) is -5.27. The Labute approximate surface area is 221 Å². The molecule has 3 aromatic carbocycles. The molecule has 0 aliphatic heterocycles. The fourth-order valence-corrected chi connectivity index (χ4v) is 25.4. The van der Waals surface area contributed by atoms with Gasteiger partial charge in [-0.2, -0.15) is 0 Å². The zero-order valence-electron chi connectivity index (χ0n) is 19.2. The van der Waals surface area contributed by atoms with Gasteiger partial charge in [-0.25, -0.2) is 0 Å². The van der Waals surface area contributed by atoms with Crippen LogP contribution in [0, 0.1) is 0 Å². The van der Waals surface area contributed by atoms with Gasteiger partial charge in [0.2, 0.25) is 0 Å². The molecule has 0 aliphatic rings. The second-order valence-corrected chi connectivity index (χ2v) is 39.6. The van der Waals surface area contributed by atoms with Gasteiger partial charge in [0.1, 0.15) is 7.05 Å². The number of hydrogen-bond acceptors (Lipinski definition) is 0. The zero-order chi connectivity index (χ0) is 23.1. The van der Waals surface area contributed by atoms with Crippen molar-refractivity contribution in [1.29, 1.82) is 0 Å². The van der Waals surface area contributed by atoms with E-state index in [1.807, 2.05) is 0 Å². The molecule has 3 aromatic rings. The summed E-state index contributed by atoms with van der Waals surface area (Å²) in [6.07, 6.45) is 0. The van der Waals surface area contributed by atoms with Gasteiger partial charge in [0.25, 0.3) is 0 Å². The van der Waals surface area contributed by atoms with Crippen molar-refractivity contribution < 1.29 is 16.9 Å². The van der Waals surface area contributed by atoms with Crippen LogP contribution in [-0.4, -0.2) is 20.1 Å². The average molecular weight is 803 g/mol. The van der Waals surface area contributed by atoms with Gasteiger partial charge in [0.15, 0.2) is 0 Å². The quantitative estimate of drug-likeness (QED) is 0.202. The molecule has 0 saturated heterocycles. The SMILES string of the molecule is C[Si](C)(C)[N+]([Si](C)(C)C)=P(c1ccccc1)(c1ccccc1)c1ccccc1.I[I-]I. The van der Waals surface area contributed by atoms with E-state index in [-0.39, 0.29) is 0 Å². The molecule has 0 unspecified atom stereocenters. The van der Waals surface area contributed by atoms with E-state index in [1.54, 1.807) is 0 Å². The van der Waals surface area contributed by atoms with Gasteiger partial charge >= 0.3 is 67.0 Å². The fraction of sp³-hybridized carbons (Fsp3) is 0.250. The summed E-state index contributed by atoms with van der Waals surface area (Å²) in [6, 6.07) is 33.9. The van der Waals surface area contributed by atoms with Crippen LogP contribution in [0.2, 0.25) is 39.3 Å². The van der Waals surface area contributed by atoms with E-state index >= 15 is 0 Å². The predicted molar refractivity (Wildman–Crippen MR) is 160 cm³/mol. The summed E-state index contributed by atoms with van der Waals surface area (Å²) in [4.78, 5) is 0. The first-order valence-corrected chi connectivity index (χ1v) is 31.5. The molecule has 0 atom stereocenters. The molecule has 0 spiro atoms. The molecule has 7 heteroatoms. The molecule has 0 heterocycles. The molecule has 0 saturated carbocycles. The van der Waals surface area contributed by atoms with Crippen molar-refractivity contribution in [3.05, 3.63) is 91.0 Å². The third kappa shape index (κ3) is 6.77. The standard InChI is InChI=1S/C24H33NPSi2.I3/c1-27(2,3)25(28(4,5)6)26(22-16-10-7-11-17-22,23-18-12-8-13-19-23)24-20-14-9-15-21-24;1-3-2/h7-21H,1-6H3;/q+1;-1. The van der Waals surface area contributed by atoms with Crippen LogP contribution in [0.4, 0.5) is 0 Å². The van der Waals surface area contributed by atoms with Gasteiger partial charge < -0.3 is 3.66 Å². The van der Waals surface area contributed by atoms with Crippen LogP contribution in [0.15, 0.2) is 91.0 Å². The summed E-state index contributed by atoms with van der Waals surface area (Å²) in [5.41, 5.74) is 0. The van der Waals surface area contributed by atoms with Crippen LogP contribution < -0.4 is 29.2 Å². The average Bonchev–Trinajstić information content (AvgIpc) is 2.72. The first kappa shape index (κ1) is 27.8. The van der Waals surface area contributed by atoms with Crippen LogP contribution in [-0.2, 0) is 0 Å². The fourth-order valence-electron chi connectivity index (χ4n) is 4.63. The molecule has 31 heavy (non-hydrogen) atoms. The molecule has 0 N–H and O–H groups in total. The first-order chi connectivity index (χ1) is 14.6. The number of benzene rings is 3. The predicted octanol–water partition coefficient (Wildman–Crippen LogP) is 4.62. The van der Waals surface area contributed by atoms with Gasteiger partial charge in [-0.05, 0) is 75.7 Å². The van der Waals surface area contributed by atoms with Crippen molar-refractivity contribution in [3.63, 3.8) is 0 Å². The summed E-state index contributed by atoms with van der Waals surface area (Å²) in [5, 5.41) is 4.41. The van der Waals surface area contributed by atoms with Gasteiger partial charge in [0.05, 0.1) is 0 Å². The van der Waals surface area contributed by atoms with Gasteiger partial charge in [-0.1, -0.05) is 54.6 Å². The third-order valence-electron chi connectivity index (χ3n) is 4.96. The van der Waals surface area contributed by atoms with Crippen LogP contribution in [0.1, 0.15) is 0 Å². The van der Waals surface area contributed by atoms with E-state index in [2.05, 4.69) is 171 Å². The van der Waals surface area contributed by atoms with Gasteiger partial charge in [-0.15, -0.1) is 0 Å². The minimum absolute atomic E-state index is 0.530. The van der Waals surface area contributed by atoms with Gasteiger partial charge in [-0.3, -0.25) is 0 Å². The van der Waals surface area contributed by atoms with E-state index in [4.69, 9.17) is 0 Å². The van der Waals surface area contributed by atoms with Crippen molar-refractivity contribution in [1.82, 2.24) is 0 Å². The summed E-state index contributed by atoms with van der Waals surface area (Å²) < 4.78 is 3.06. The summed E-state index contributed by atoms with van der Waals surface area (Å²) in [5.74, 6) is 0. The Hall–Kier alpha value is 0.514. The topological polar surface area (TPSA) is 3.01 Å².